The van der Waals surface area contributed by atoms with Gasteiger partial charge in [0.2, 0.25) is 0 Å². The molecule has 0 aromatic carbocycles. The Morgan fingerprint density at radius 1 is 1.58 bits per heavy atom. The standard InChI is InChI=1S/C9H16N2O/c1-4-9(12)8-6-10-11(5-2)7(8)3/h6,9,12H,4-5H2,1-3H3/t9-/m0/s1. The number of aryl methyl sites for hydroxylation is 1. The zero-order valence-electron chi connectivity index (χ0n) is 7.91. The Labute approximate surface area is 73.0 Å². The third kappa shape index (κ3) is 1.50. The molecule has 1 N–H and O–H groups in total. The van der Waals surface area contributed by atoms with Gasteiger partial charge in [-0.15, -0.1) is 0 Å². The Morgan fingerprint density at radius 3 is 2.67 bits per heavy atom. The van der Waals surface area contributed by atoms with Gasteiger partial charge in [-0.1, -0.05) is 6.92 Å². The van der Waals surface area contributed by atoms with E-state index in [1.807, 2.05) is 25.5 Å². The summed E-state index contributed by atoms with van der Waals surface area (Å²) < 4.78 is 1.90. The van der Waals surface area contributed by atoms with Gasteiger partial charge in [-0.3, -0.25) is 4.68 Å². The van der Waals surface area contributed by atoms with Crippen LogP contribution in [0.15, 0.2) is 6.20 Å². The molecule has 0 fully saturated rings. The molecule has 0 unspecified atom stereocenters. The van der Waals surface area contributed by atoms with Gasteiger partial charge in [-0.2, -0.15) is 5.10 Å². The topological polar surface area (TPSA) is 38.1 Å². The largest absolute Gasteiger partial charge is 0.388 e. The number of aliphatic hydroxyl groups is 1. The summed E-state index contributed by atoms with van der Waals surface area (Å²) in [5.74, 6) is 0. The predicted molar refractivity (Wildman–Crippen MR) is 47.9 cm³/mol. The van der Waals surface area contributed by atoms with Crippen LogP contribution in [-0.4, -0.2) is 14.9 Å². The fourth-order valence-corrected chi connectivity index (χ4v) is 1.33. The summed E-state index contributed by atoms with van der Waals surface area (Å²) in [6, 6.07) is 0. The first-order valence-electron chi connectivity index (χ1n) is 4.41. The fraction of sp³-hybridized carbons (Fsp3) is 0.667. The molecule has 0 amide bonds. The molecule has 12 heavy (non-hydrogen) atoms. The molecule has 1 heterocycles. The van der Waals surface area contributed by atoms with Crippen LogP contribution in [0.2, 0.25) is 0 Å². The zero-order chi connectivity index (χ0) is 9.14. The van der Waals surface area contributed by atoms with Gasteiger partial charge in [-0.25, -0.2) is 0 Å². The van der Waals surface area contributed by atoms with E-state index in [0.29, 0.717) is 0 Å². The first-order chi connectivity index (χ1) is 5.70. The minimum absolute atomic E-state index is 0.356. The Balaban J connectivity index is 2.93. The van der Waals surface area contributed by atoms with Crippen LogP contribution in [0.25, 0.3) is 0 Å². The molecule has 0 bridgehead atoms. The molecule has 0 saturated carbocycles. The van der Waals surface area contributed by atoms with E-state index in [1.54, 1.807) is 6.20 Å². The average Bonchev–Trinajstić information content (AvgIpc) is 2.45. The zero-order valence-corrected chi connectivity index (χ0v) is 7.91. The van der Waals surface area contributed by atoms with Crippen molar-refractivity contribution in [1.82, 2.24) is 9.78 Å². The molecular weight excluding hydrogens is 152 g/mol. The Hall–Kier alpha value is -0.830. The average molecular weight is 168 g/mol. The van der Waals surface area contributed by atoms with E-state index >= 15 is 0 Å². The lowest BCUT2D eigenvalue weighted by Gasteiger charge is -2.06. The first kappa shape index (κ1) is 9.26. The third-order valence-electron chi connectivity index (χ3n) is 2.19. The summed E-state index contributed by atoms with van der Waals surface area (Å²) in [6.45, 7) is 6.86. The molecule has 0 radical (unpaired) electrons. The molecule has 0 aliphatic rings. The number of hydrogen-bond acceptors (Lipinski definition) is 2. The summed E-state index contributed by atoms with van der Waals surface area (Å²) in [6.07, 6.45) is 2.15. The molecule has 1 aromatic rings. The maximum atomic E-state index is 9.57. The fourth-order valence-electron chi connectivity index (χ4n) is 1.33. The van der Waals surface area contributed by atoms with Crippen molar-refractivity contribution in [3.63, 3.8) is 0 Å². The third-order valence-corrected chi connectivity index (χ3v) is 2.19. The lowest BCUT2D eigenvalue weighted by molar-refractivity contribution is 0.173. The van der Waals surface area contributed by atoms with Crippen LogP contribution >= 0.6 is 0 Å². The first-order valence-corrected chi connectivity index (χ1v) is 4.41. The monoisotopic (exact) mass is 168 g/mol. The predicted octanol–water partition coefficient (Wildman–Crippen LogP) is 1.65. The van der Waals surface area contributed by atoms with Crippen LogP contribution < -0.4 is 0 Å². The maximum absolute atomic E-state index is 9.57. The normalized spacial score (nSPS) is 13.3. The number of hydrogen-bond donors (Lipinski definition) is 1. The van der Waals surface area contributed by atoms with E-state index < -0.39 is 0 Å². The van der Waals surface area contributed by atoms with E-state index in [9.17, 15) is 5.11 Å². The van der Waals surface area contributed by atoms with Gasteiger partial charge in [-0.05, 0) is 20.3 Å². The van der Waals surface area contributed by atoms with E-state index in [4.69, 9.17) is 0 Å². The Bertz CT molecular complexity index is 255. The van der Waals surface area contributed by atoms with Crippen molar-refractivity contribution in [3.8, 4) is 0 Å². The molecule has 0 spiro atoms. The second-order valence-electron chi connectivity index (χ2n) is 2.93. The van der Waals surface area contributed by atoms with Crippen LogP contribution in [0, 0.1) is 6.92 Å². The molecule has 1 atom stereocenters. The molecule has 1 rings (SSSR count). The molecule has 1 aromatic heterocycles. The maximum Gasteiger partial charge on any atom is 0.0820 e. The van der Waals surface area contributed by atoms with E-state index in [1.165, 1.54) is 0 Å². The molecule has 3 heteroatoms. The molecule has 3 nitrogen and oxygen atoms in total. The quantitative estimate of drug-likeness (QED) is 0.745. The Morgan fingerprint density at radius 2 is 2.25 bits per heavy atom. The number of aliphatic hydroxyl groups excluding tert-OH is 1. The Kier molecular flexibility index (Phi) is 2.87. The summed E-state index contributed by atoms with van der Waals surface area (Å²) in [5, 5.41) is 13.7. The summed E-state index contributed by atoms with van der Waals surface area (Å²) in [5.41, 5.74) is 2.03. The van der Waals surface area contributed by atoms with Gasteiger partial charge in [0.1, 0.15) is 0 Å². The van der Waals surface area contributed by atoms with Crippen molar-refractivity contribution >= 4 is 0 Å². The van der Waals surface area contributed by atoms with Gasteiger partial charge < -0.3 is 5.11 Å². The second kappa shape index (κ2) is 3.72. The van der Waals surface area contributed by atoms with E-state index in [0.717, 1.165) is 24.2 Å². The molecular formula is C9H16N2O. The van der Waals surface area contributed by atoms with Crippen molar-refractivity contribution in [1.29, 1.82) is 0 Å². The molecule has 0 aliphatic heterocycles. The lowest BCUT2D eigenvalue weighted by Crippen LogP contribution is -2.01. The van der Waals surface area contributed by atoms with Gasteiger partial charge in [0.25, 0.3) is 0 Å². The SMILES string of the molecule is CC[C@H](O)c1cnn(CC)c1C. The highest BCUT2D eigenvalue weighted by Crippen LogP contribution is 2.19. The second-order valence-corrected chi connectivity index (χ2v) is 2.93. The van der Waals surface area contributed by atoms with Crippen LogP contribution in [0.4, 0.5) is 0 Å². The van der Waals surface area contributed by atoms with Crippen LogP contribution in [0.1, 0.15) is 37.6 Å². The highest BCUT2D eigenvalue weighted by molar-refractivity contribution is 5.18. The number of nitrogens with zero attached hydrogens (tertiary/aromatic N) is 2. The molecule has 0 saturated heterocycles. The smallest absolute Gasteiger partial charge is 0.0820 e. The van der Waals surface area contributed by atoms with Crippen molar-refractivity contribution in [2.75, 3.05) is 0 Å². The van der Waals surface area contributed by atoms with E-state index in [2.05, 4.69) is 5.10 Å². The van der Waals surface area contributed by atoms with Crippen LogP contribution in [0.5, 0.6) is 0 Å². The van der Waals surface area contributed by atoms with Crippen LogP contribution in [-0.2, 0) is 6.54 Å². The summed E-state index contributed by atoms with van der Waals surface area (Å²) in [4.78, 5) is 0. The van der Waals surface area contributed by atoms with Crippen molar-refractivity contribution < 1.29 is 5.11 Å². The minimum Gasteiger partial charge on any atom is -0.388 e. The van der Waals surface area contributed by atoms with Crippen molar-refractivity contribution in [3.05, 3.63) is 17.5 Å². The van der Waals surface area contributed by atoms with Gasteiger partial charge >= 0.3 is 0 Å². The van der Waals surface area contributed by atoms with Gasteiger partial charge in [0.05, 0.1) is 12.3 Å². The van der Waals surface area contributed by atoms with E-state index in [-0.39, 0.29) is 6.10 Å². The van der Waals surface area contributed by atoms with Crippen molar-refractivity contribution in [2.24, 2.45) is 0 Å². The summed E-state index contributed by atoms with van der Waals surface area (Å²) in [7, 11) is 0. The highest BCUT2D eigenvalue weighted by atomic mass is 16.3. The number of aromatic nitrogens is 2. The molecule has 0 aliphatic carbocycles. The van der Waals surface area contributed by atoms with Crippen LogP contribution in [0.3, 0.4) is 0 Å². The molecule has 68 valence electrons. The van der Waals surface area contributed by atoms with Crippen molar-refractivity contribution in [2.45, 2.75) is 39.8 Å². The van der Waals surface area contributed by atoms with Gasteiger partial charge in [0.15, 0.2) is 0 Å². The highest BCUT2D eigenvalue weighted by Gasteiger charge is 2.11. The summed E-state index contributed by atoms with van der Waals surface area (Å²) >= 11 is 0. The van der Waals surface area contributed by atoms with Gasteiger partial charge in [0, 0.05) is 17.8 Å². The lowest BCUT2D eigenvalue weighted by atomic mass is 10.1. The minimum atomic E-state index is -0.356. The number of rotatable bonds is 3.